The molecule has 0 aliphatic rings. The van der Waals surface area contributed by atoms with Crippen LogP contribution in [0.5, 0.6) is 0 Å². The molecule has 0 nitrogen and oxygen atoms in total. The predicted molar refractivity (Wildman–Crippen MR) is 57.2 cm³/mol. The molecule has 0 radical (unpaired) electrons. The van der Waals surface area contributed by atoms with E-state index in [2.05, 4.69) is 52.5 Å². The maximum absolute atomic E-state index is 4.00. The lowest BCUT2D eigenvalue weighted by atomic mass is 9.82. The minimum absolute atomic E-state index is 0.0353. The van der Waals surface area contributed by atoms with Crippen molar-refractivity contribution in [1.82, 2.24) is 0 Å². The Hall–Kier alpha value is -0.780. The Morgan fingerprint density at radius 2 is 1.75 bits per heavy atom. The van der Waals surface area contributed by atoms with Crippen molar-refractivity contribution in [1.29, 1.82) is 0 Å². The van der Waals surface area contributed by atoms with Gasteiger partial charge < -0.3 is 0 Å². The summed E-state index contributed by atoms with van der Waals surface area (Å²) in [5.74, 6) is 0. The van der Waals surface area contributed by atoms with Gasteiger partial charge in [0.25, 0.3) is 0 Å². The number of rotatable bonds is 3. The molecule has 0 aliphatic carbocycles. The third kappa shape index (κ3) is 3.08. The predicted octanol–water partition coefficient (Wildman–Crippen LogP) is 4.11. The largest absolute Gasteiger partial charge is 0.0990 e. The van der Waals surface area contributed by atoms with E-state index in [4.69, 9.17) is 0 Å². The van der Waals surface area contributed by atoms with Gasteiger partial charge in [-0.25, -0.2) is 0 Å². The van der Waals surface area contributed by atoms with E-state index >= 15 is 0 Å². The van der Waals surface area contributed by atoms with Gasteiger partial charge in [-0.05, 0) is 34.6 Å². The molecule has 0 amide bonds. The summed E-state index contributed by atoms with van der Waals surface area (Å²) in [6.45, 7) is 14.5. The first-order chi connectivity index (χ1) is 5.42. The monoisotopic (exact) mass is 164 g/mol. The second kappa shape index (κ2) is 4.30. The van der Waals surface area contributed by atoms with E-state index in [9.17, 15) is 0 Å². The summed E-state index contributed by atoms with van der Waals surface area (Å²) < 4.78 is 0. The fraction of sp³-hybridized carbons (Fsp3) is 0.500. The van der Waals surface area contributed by atoms with E-state index in [1.807, 2.05) is 6.92 Å². The molecule has 0 aliphatic heterocycles. The van der Waals surface area contributed by atoms with Crippen LogP contribution >= 0.6 is 0 Å². The van der Waals surface area contributed by atoms with Gasteiger partial charge in [0.15, 0.2) is 0 Å². The van der Waals surface area contributed by atoms with Crippen LogP contribution in [0, 0.1) is 5.41 Å². The van der Waals surface area contributed by atoms with Gasteiger partial charge in [0, 0.05) is 5.41 Å². The third-order valence-electron chi connectivity index (χ3n) is 2.02. The Morgan fingerprint density at radius 1 is 1.25 bits per heavy atom. The first kappa shape index (κ1) is 11.2. The summed E-state index contributed by atoms with van der Waals surface area (Å²) in [4.78, 5) is 0. The maximum Gasteiger partial charge on any atom is 0.0239 e. The molecule has 1 atom stereocenters. The van der Waals surface area contributed by atoms with Crippen LogP contribution in [0.4, 0.5) is 0 Å². The molecule has 0 aromatic carbocycles. The highest BCUT2D eigenvalue weighted by Crippen LogP contribution is 2.30. The minimum atomic E-state index is 0.0353. The van der Waals surface area contributed by atoms with Crippen LogP contribution in [0.15, 0.2) is 36.0 Å². The van der Waals surface area contributed by atoms with Gasteiger partial charge in [-0.3, -0.25) is 0 Å². The quantitative estimate of drug-likeness (QED) is 0.551. The van der Waals surface area contributed by atoms with Gasteiger partial charge in [0.1, 0.15) is 0 Å². The van der Waals surface area contributed by atoms with Gasteiger partial charge in [-0.15, -0.1) is 0 Å². The molecule has 1 unspecified atom stereocenters. The molecular weight excluding hydrogens is 144 g/mol. The van der Waals surface area contributed by atoms with E-state index in [1.165, 1.54) is 11.1 Å². The molecule has 0 rings (SSSR count). The summed E-state index contributed by atoms with van der Waals surface area (Å²) in [6.07, 6.45) is 6.51. The zero-order valence-electron chi connectivity index (χ0n) is 8.94. The van der Waals surface area contributed by atoms with Crippen LogP contribution in [0.25, 0.3) is 0 Å². The molecule has 0 aromatic heterocycles. The Morgan fingerprint density at radius 3 is 2.00 bits per heavy atom. The lowest BCUT2D eigenvalue weighted by Crippen LogP contribution is -2.10. The summed E-state index contributed by atoms with van der Waals surface area (Å²) in [5, 5.41) is 0. The van der Waals surface area contributed by atoms with Crippen molar-refractivity contribution in [3.8, 4) is 0 Å². The van der Waals surface area contributed by atoms with Crippen molar-refractivity contribution in [2.45, 2.75) is 34.6 Å². The van der Waals surface area contributed by atoms with E-state index < -0.39 is 0 Å². The average Bonchev–Trinajstić information content (AvgIpc) is 1.85. The van der Waals surface area contributed by atoms with Gasteiger partial charge in [-0.1, -0.05) is 36.0 Å². The number of hydrogen-bond acceptors (Lipinski definition) is 0. The molecule has 0 heterocycles. The van der Waals surface area contributed by atoms with Gasteiger partial charge in [0.2, 0.25) is 0 Å². The number of hydrogen-bond donors (Lipinski definition) is 0. The van der Waals surface area contributed by atoms with Crippen molar-refractivity contribution in [3.05, 3.63) is 36.0 Å². The van der Waals surface area contributed by atoms with Crippen molar-refractivity contribution in [2.75, 3.05) is 0 Å². The lowest BCUT2D eigenvalue weighted by molar-refractivity contribution is 0.658. The second-order valence-electron chi connectivity index (χ2n) is 3.78. The molecule has 0 N–H and O–H groups in total. The molecule has 0 bridgehead atoms. The lowest BCUT2D eigenvalue weighted by Gasteiger charge is -2.23. The van der Waals surface area contributed by atoms with Gasteiger partial charge in [-0.2, -0.15) is 0 Å². The van der Waals surface area contributed by atoms with Crippen molar-refractivity contribution < 1.29 is 0 Å². The molecular formula is C12H20. The first-order valence-electron chi connectivity index (χ1n) is 4.38. The van der Waals surface area contributed by atoms with Crippen molar-refractivity contribution in [3.63, 3.8) is 0 Å². The Kier molecular flexibility index (Phi) is 4.02. The fourth-order valence-corrected chi connectivity index (χ4v) is 1.26. The smallest absolute Gasteiger partial charge is 0.0239 e. The van der Waals surface area contributed by atoms with Gasteiger partial charge >= 0.3 is 0 Å². The Balaban J connectivity index is 4.88. The summed E-state index contributed by atoms with van der Waals surface area (Å²) in [5.41, 5.74) is 2.55. The average molecular weight is 164 g/mol. The van der Waals surface area contributed by atoms with Crippen LogP contribution in [0.2, 0.25) is 0 Å². The van der Waals surface area contributed by atoms with Crippen molar-refractivity contribution >= 4 is 0 Å². The fourth-order valence-electron chi connectivity index (χ4n) is 1.26. The highest BCUT2D eigenvalue weighted by atomic mass is 14.2. The molecule has 0 saturated heterocycles. The Labute approximate surface area is 76.7 Å². The molecule has 68 valence electrons. The number of allylic oxidation sites excluding steroid dienone is 5. The summed E-state index contributed by atoms with van der Waals surface area (Å²) in [7, 11) is 0. The molecule has 0 spiro atoms. The third-order valence-corrected chi connectivity index (χ3v) is 2.02. The summed E-state index contributed by atoms with van der Waals surface area (Å²) in [6, 6.07) is 0. The normalized spacial score (nSPS) is 15.8. The van der Waals surface area contributed by atoms with E-state index in [0.717, 1.165) is 0 Å². The minimum Gasteiger partial charge on any atom is -0.0990 e. The van der Waals surface area contributed by atoms with E-state index in [-0.39, 0.29) is 5.41 Å². The standard InChI is InChI=1S/C12H20/c1-7-8-12(6,11(4)5)9-10(2)3/h7-9H,4H2,1-3,5-6H3. The molecule has 0 saturated carbocycles. The van der Waals surface area contributed by atoms with Crippen LogP contribution in [0.1, 0.15) is 34.6 Å². The van der Waals surface area contributed by atoms with E-state index in [0.29, 0.717) is 0 Å². The van der Waals surface area contributed by atoms with Crippen molar-refractivity contribution in [2.24, 2.45) is 5.41 Å². The van der Waals surface area contributed by atoms with Crippen LogP contribution in [0.3, 0.4) is 0 Å². The summed E-state index contributed by atoms with van der Waals surface area (Å²) >= 11 is 0. The zero-order chi connectivity index (χ0) is 9.78. The van der Waals surface area contributed by atoms with Crippen LogP contribution < -0.4 is 0 Å². The SMILES string of the molecule is C=C(C)C(C)(C=CC)C=C(C)C. The van der Waals surface area contributed by atoms with Crippen LogP contribution in [-0.4, -0.2) is 0 Å². The molecule has 0 aromatic rings. The highest BCUT2D eigenvalue weighted by Gasteiger charge is 2.17. The van der Waals surface area contributed by atoms with E-state index in [1.54, 1.807) is 0 Å². The molecule has 0 fully saturated rings. The molecule has 0 heteroatoms. The topological polar surface area (TPSA) is 0 Å². The molecule has 12 heavy (non-hydrogen) atoms. The highest BCUT2D eigenvalue weighted by molar-refractivity contribution is 5.26. The zero-order valence-corrected chi connectivity index (χ0v) is 8.94. The maximum atomic E-state index is 4.00. The first-order valence-corrected chi connectivity index (χ1v) is 4.38. The van der Waals surface area contributed by atoms with Gasteiger partial charge in [0.05, 0.1) is 0 Å². The van der Waals surface area contributed by atoms with Crippen LogP contribution in [-0.2, 0) is 0 Å². The Bertz CT molecular complexity index is 214. The second-order valence-corrected chi connectivity index (χ2v) is 3.78.